The van der Waals surface area contributed by atoms with Crippen molar-refractivity contribution in [1.82, 2.24) is 0 Å². The van der Waals surface area contributed by atoms with E-state index in [2.05, 4.69) is 35.8 Å². The van der Waals surface area contributed by atoms with Crippen LogP contribution in [0.1, 0.15) is 0 Å². The molecule has 0 heterocycles. The molecule has 2 nitrogen and oxygen atoms in total. The van der Waals surface area contributed by atoms with Crippen LogP contribution in [-0.4, -0.2) is 22.0 Å². The van der Waals surface area contributed by atoms with Gasteiger partial charge < -0.3 is 9.47 Å². The summed E-state index contributed by atoms with van der Waals surface area (Å²) < 4.78 is 9.59. The second kappa shape index (κ2) is 5.19. The zero-order chi connectivity index (χ0) is 8.74. The lowest BCUT2D eigenvalue weighted by Gasteiger charge is -2.04. The molecule has 0 unspecified atom stereocenters. The molecule has 0 amide bonds. The second-order valence-electron chi connectivity index (χ2n) is 3.37. The van der Waals surface area contributed by atoms with E-state index in [1.165, 1.54) is 0 Å². The molecule has 0 radical (unpaired) electrons. The van der Waals surface area contributed by atoms with Crippen LogP contribution in [0.15, 0.2) is 17.7 Å². The molecule has 0 aliphatic carbocycles. The van der Waals surface area contributed by atoms with Gasteiger partial charge in [0.05, 0.1) is 8.07 Å². The highest BCUT2D eigenvalue weighted by Crippen LogP contribution is 1.99. The second-order valence-corrected chi connectivity index (χ2v) is 8.39. The zero-order valence-electron chi connectivity index (χ0n) is 7.68. The van der Waals surface area contributed by atoms with Crippen molar-refractivity contribution in [2.24, 2.45) is 0 Å². The molecule has 0 fully saturated rings. The van der Waals surface area contributed by atoms with Gasteiger partial charge in [-0.25, -0.2) is 0 Å². The average Bonchev–Trinajstić information content (AvgIpc) is 1.85. The van der Waals surface area contributed by atoms with Crippen molar-refractivity contribution < 1.29 is 9.47 Å². The van der Waals surface area contributed by atoms with E-state index >= 15 is 0 Å². The summed E-state index contributed by atoms with van der Waals surface area (Å²) in [5.41, 5.74) is 5.06. The van der Waals surface area contributed by atoms with E-state index in [0.717, 1.165) is 0 Å². The largest absolute Gasteiger partial charge is 0.467 e. The lowest BCUT2D eigenvalue weighted by atomic mass is 10.9. The van der Waals surface area contributed by atoms with Gasteiger partial charge in [-0.1, -0.05) is 31.1 Å². The Bertz CT molecular complexity index is 152. The van der Waals surface area contributed by atoms with Crippen LogP contribution in [0.25, 0.3) is 0 Å². The number of ether oxygens (including phenoxy) is 2. The van der Waals surface area contributed by atoms with Gasteiger partial charge in [-0.15, -0.1) is 0 Å². The molecule has 11 heavy (non-hydrogen) atoms. The van der Waals surface area contributed by atoms with Crippen LogP contribution in [0.3, 0.4) is 0 Å². The van der Waals surface area contributed by atoms with Crippen LogP contribution in [0.2, 0.25) is 19.6 Å². The van der Waals surface area contributed by atoms with Gasteiger partial charge in [0.2, 0.25) is 0 Å². The van der Waals surface area contributed by atoms with Gasteiger partial charge in [0, 0.05) is 7.11 Å². The summed E-state index contributed by atoms with van der Waals surface area (Å²) in [6.45, 7) is 7.02. The number of rotatable bonds is 4. The van der Waals surface area contributed by atoms with E-state index in [9.17, 15) is 0 Å². The summed E-state index contributed by atoms with van der Waals surface area (Å²) in [6, 6.07) is 0. The third-order valence-electron chi connectivity index (χ3n) is 0.854. The maximum Gasteiger partial charge on any atom is 0.188 e. The molecular weight excluding hydrogens is 156 g/mol. The highest BCUT2D eigenvalue weighted by molar-refractivity contribution is 6.80. The van der Waals surface area contributed by atoms with Gasteiger partial charge in [0.25, 0.3) is 0 Å². The van der Waals surface area contributed by atoms with Crippen LogP contribution >= 0.6 is 0 Å². The minimum atomic E-state index is -1.11. The third kappa shape index (κ3) is 9.50. The minimum Gasteiger partial charge on any atom is -0.467 e. The SMILES string of the molecule is COCOC=C=C[Si](C)(C)C. The Balaban J connectivity index is 3.64. The van der Waals surface area contributed by atoms with Gasteiger partial charge in [-0.2, -0.15) is 0 Å². The van der Waals surface area contributed by atoms with Gasteiger partial charge in [-0.05, 0) is 0 Å². The van der Waals surface area contributed by atoms with Gasteiger partial charge in [-0.3, -0.25) is 0 Å². The molecule has 0 aliphatic rings. The van der Waals surface area contributed by atoms with Gasteiger partial charge in [0.1, 0.15) is 6.26 Å². The predicted molar refractivity (Wildman–Crippen MR) is 49.0 cm³/mol. The van der Waals surface area contributed by atoms with Crippen molar-refractivity contribution in [2.75, 3.05) is 13.9 Å². The number of hydrogen-bond acceptors (Lipinski definition) is 2. The highest BCUT2D eigenvalue weighted by atomic mass is 28.3. The standard InChI is InChI=1S/C8H16O2Si/c1-9-8-10-6-5-7-11(2,3)4/h6-7H,8H2,1-4H3. The minimum absolute atomic E-state index is 0.298. The lowest BCUT2D eigenvalue weighted by molar-refractivity contribution is 0.0201. The first-order valence-corrected chi connectivity index (χ1v) is 7.16. The normalized spacial score (nSPS) is 10.2. The van der Waals surface area contributed by atoms with Crippen molar-refractivity contribution in [3.63, 3.8) is 0 Å². The van der Waals surface area contributed by atoms with Gasteiger partial charge >= 0.3 is 0 Å². The fourth-order valence-electron chi connectivity index (χ4n) is 0.434. The molecule has 0 atom stereocenters. The molecule has 0 aromatic rings. The van der Waals surface area contributed by atoms with E-state index in [0.29, 0.717) is 6.79 Å². The summed E-state index contributed by atoms with van der Waals surface area (Å²) in [5, 5.41) is 0. The van der Waals surface area contributed by atoms with Crippen LogP contribution in [-0.2, 0) is 9.47 Å². The average molecular weight is 172 g/mol. The maximum absolute atomic E-state index is 4.91. The highest BCUT2D eigenvalue weighted by Gasteiger charge is 2.05. The van der Waals surface area contributed by atoms with Crippen molar-refractivity contribution >= 4 is 8.07 Å². The van der Waals surface area contributed by atoms with E-state index in [1.807, 2.05) is 0 Å². The summed E-state index contributed by atoms with van der Waals surface area (Å²) in [6.07, 6.45) is 1.54. The van der Waals surface area contributed by atoms with E-state index < -0.39 is 8.07 Å². The molecule has 0 spiro atoms. The Morgan fingerprint density at radius 1 is 1.36 bits per heavy atom. The van der Waals surface area contributed by atoms with Crippen LogP contribution in [0.4, 0.5) is 0 Å². The van der Waals surface area contributed by atoms with Crippen molar-refractivity contribution in [3.8, 4) is 0 Å². The van der Waals surface area contributed by atoms with Crippen LogP contribution in [0.5, 0.6) is 0 Å². The summed E-state index contributed by atoms with van der Waals surface area (Å²) in [7, 11) is 0.488. The third-order valence-corrected chi connectivity index (χ3v) is 1.89. The van der Waals surface area contributed by atoms with Crippen molar-refractivity contribution in [3.05, 3.63) is 17.7 Å². The first-order chi connectivity index (χ1) is 5.06. The quantitative estimate of drug-likeness (QED) is 0.213. The monoisotopic (exact) mass is 172 g/mol. The first-order valence-electron chi connectivity index (χ1n) is 3.59. The van der Waals surface area contributed by atoms with Crippen molar-refractivity contribution in [1.29, 1.82) is 0 Å². The van der Waals surface area contributed by atoms with Gasteiger partial charge in [0.15, 0.2) is 6.79 Å². The maximum atomic E-state index is 4.91. The van der Waals surface area contributed by atoms with Crippen LogP contribution < -0.4 is 0 Å². The zero-order valence-corrected chi connectivity index (χ0v) is 8.68. The smallest absolute Gasteiger partial charge is 0.188 e. The molecule has 0 rings (SSSR count). The molecule has 0 N–H and O–H groups in total. The fraction of sp³-hybridized carbons (Fsp3) is 0.625. The fourth-order valence-corrected chi connectivity index (χ4v) is 1.00. The predicted octanol–water partition coefficient (Wildman–Crippen LogP) is 2.15. The van der Waals surface area contributed by atoms with Crippen LogP contribution in [0, 0.1) is 0 Å². The van der Waals surface area contributed by atoms with E-state index in [-0.39, 0.29) is 0 Å². The number of hydrogen-bond donors (Lipinski definition) is 0. The Morgan fingerprint density at radius 2 is 2.00 bits per heavy atom. The lowest BCUT2D eigenvalue weighted by Crippen LogP contribution is -2.14. The summed E-state index contributed by atoms with van der Waals surface area (Å²) in [4.78, 5) is 0. The Hall–Kier alpha value is -0.503. The molecule has 0 aromatic carbocycles. The molecule has 0 saturated carbocycles. The molecule has 0 aliphatic heterocycles. The Kier molecular flexibility index (Phi) is 4.95. The van der Waals surface area contributed by atoms with E-state index in [1.54, 1.807) is 13.4 Å². The van der Waals surface area contributed by atoms with E-state index in [4.69, 9.17) is 4.74 Å². The summed E-state index contributed by atoms with van der Waals surface area (Å²) in [5.74, 6) is 0. The first kappa shape index (κ1) is 10.5. The Morgan fingerprint density at radius 3 is 2.45 bits per heavy atom. The summed E-state index contributed by atoms with van der Waals surface area (Å²) >= 11 is 0. The molecular formula is C8H16O2Si. The molecule has 0 saturated heterocycles. The molecule has 0 bridgehead atoms. The van der Waals surface area contributed by atoms with Crippen molar-refractivity contribution in [2.45, 2.75) is 19.6 Å². The molecule has 3 heteroatoms. The Labute approximate surface area is 69.5 Å². The number of methoxy groups -OCH3 is 1. The topological polar surface area (TPSA) is 18.5 Å². The molecule has 64 valence electrons. The molecule has 0 aromatic heterocycles.